The first-order valence-corrected chi connectivity index (χ1v) is 9.82. The van der Waals surface area contributed by atoms with E-state index in [4.69, 9.17) is 0 Å². The van der Waals surface area contributed by atoms with Crippen molar-refractivity contribution in [3.63, 3.8) is 0 Å². The van der Waals surface area contributed by atoms with Gasteiger partial charge in [0.25, 0.3) is 0 Å². The molecule has 3 aromatic rings. The lowest BCUT2D eigenvalue weighted by atomic mass is 9.95. The molecule has 4 rings (SSSR count). The van der Waals surface area contributed by atoms with E-state index in [1.54, 1.807) is 6.07 Å². The SMILES string of the molecule is CNc1ncccc1CN1CCCC[C@H]1c1ccc(-c2cccc(F)c2)nc1. The average Bonchev–Trinajstić information content (AvgIpc) is 2.75. The van der Waals surface area contributed by atoms with Crippen LogP contribution in [0.5, 0.6) is 0 Å². The Morgan fingerprint density at radius 2 is 2.04 bits per heavy atom. The van der Waals surface area contributed by atoms with Crippen molar-refractivity contribution in [2.75, 3.05) is 18.9 Å². The van der Waals surface area contributed by atoms with Crippen molar-refractivity contribution in [3.8, 4) is 11.3 Å². The number of hydrogen-bond acceptors (Lipinski definition) is 4. The molecule has 0 aliphatic carbocycles. The predicted octanol–water partition coefficient (Wildman–Crippen LogP) is 5.05. The van der Waals surface area contributed by atoms with Crippen LogP contribution in [-0.2, 0) is 6.54 Å². The molecule has 0 bridgehead atoms. The van der Waals surface area contributed by atoms with Crippen LogP contribution in [0.3, 0.4) is 0 Å². The summed E-state index contributed by atoms with van der Waals surface area (Å²) in [5.41, 5.74) is 4.03. The van der Waals surface area contributed by atoms with Crippen LogP contribution >= 0.6 is 0 Å². The molecule has 0 spiro atoms. The summed E-state index contributed by atoms with van der Waals surface area (Å²) in [6.45, 7) is 1.93. The molecular formula is C23H25FN4. The lowest BCUT2D eigenvalue weighted by Gasteiger charge is -2.36. The van der Waals surface area contributed by atoms with Crippen LogP contribution < -0.4 is 5.32 Å². The maximum atomic E-state index is 13.5. The lowest BCUT2D eigenvalue weighted by molar-refractivity contribution is 0.140. The fraction of sp³-hybridized carbons (Fsp3) is 0.304. The fourth-order valence-electron chi connectivity index (χ4n) is 3.99. The Hall–Kier alpha value is -2.79. The van der Waals surface area contributed by atoms with Crippen molar-refractivity contribution in [2.45, 2.75) is 31.8 Å². The summed E-state index contributed by atoms with van der Waals surface area (Å²) < 4.78 is 13.5. The number of benzene rings is 1. The second kappa shape index (κ2) is 8.48. The molecule has 2 aromatic heterocycles. The summed E-state index contributed by atoms with van der Waals surface area (Å²) in [6.07, 6.45) is 7.32. The van der Waals surface area contributed by atoms with Crippen molar-refractivity contribution >= 4 is 5.82 Å². The Bertz CT molecular complexity index is 926. The van der Waals surface area contributed by atoms with Crippen LogP contribution in [0.25, 0.3) is 11.3 Å². The number of likely N-dealkylation sites (tertiary alicyclic amines) is 1. The number of pyridine rings is 2. The number of hydrogen-bond donors (Lipinski definition) is 1. The summed E-state index contributed by atoms with van der Waals surface area (Å²) in [5.74, 6) is 0.699. The largest absolute Gasteiger partial charge is 0.373 e. The minimum Gasteiger partial charge on any atom is -0.373 e. The Balaban J connectivity index is 1.56. The van der Waals surface area contributed by atoms with E-state index >= 15 is 0 Å². The maximum Gasteiger partial charge on any atom is 0.130 e. The Labute approximate surface area is 165 Å². The molecule has 1 aliphatic heterocycles. The molecule has 1 N–H and O–H groups in total. The molecule has 28 heavy (non-hydrogen) atoms. The molecule has 3 heterocycles. The third kappa shape index (κ3) is 4.04. The topological polar surface area (TPSA) is 41.1 Å². The highest BCUT2D eigenvalue weighted by Crippen LogP contribution is 2.33. The number of nitrogens with zero attached hydrogens (tertiary/aromatic N) is 3. The molecular weight excluding hydrogens is 351 g/mol. The number of halogens is 1. The van der Waals surface area contributed by atoms with Crippen molar-refractivity contribution in [2.24, 2.45) is 0 Å². The van der Waals surface area contributed by atoms with Crippen LogP contribution in [0.2, 0.25) is 0 Å². The summed E-state index contributed by atoms with van der Waals surface area (Å²) in [6, 6.07) is 15.2. The fourth-order valence-corrected chi connectivity index (χ4v) is 3.99. The lowest BCUT2D eigenvalue weighted by Crippen LogP contribution is -2.33. The monoisotopic (exact) mass is 376 g/mol. The molecule has 4 nitrogen and oxygen atoms in total. The van der Waals surface area contributed by atoms with Crippen molar-refractivity contribution in [1.82, 2.24) is 14.9 Å². The van der Waals surface area contributed by atoms with Gasteiger partial charge in [-0.05, 0) is 49.2 Å². The number of piperidine rings is 1. The van der Waals surface area contributed by atoms with Crippen LogP contribution in [-0.4, -0.2) is 28.5 Å². The van der Waals surface area contributed by atoms with Gasteiger partial charge in [0.2, 0.25) is 0 Å². The Kier molecular flexibility index (Phi) is 5.63. The highest BCUT2D eigenvalue weighted by molar-refractivity contribution is 5.59. The Morgan fingerprint density at radius 3 is 2.82 bits per heavy atom. The molecule has 144 valence electrons. The van der Waals surface area contributed by atoms with Crippen LogP contribution in [0.1, 0.15) is 36.4 Å². The first-order chi connectivity index (χ1) is 13.7. The van der Waals surface area contributed by atoms with Crippen molar-refractivity contribution < 1.29 is 4.39 Å². The van der Waals surface area contributed by atoms with E-state index in [1.807, 2.05) is 37.6 Å². The number of nitrogens with one attached hydrogen (secondary N) is 1. The smallest absolute Gasteiger partial charge is 0.130 e. The molecule has 1 aliphatic rings. The minimum absolute atomic E-state index is 0.237. The average molecular weight is 376 g/mol. The minimum atomic E-state index is -0.237. The van der Waals surface area contributed by atoms with E-state index < -0.39 is 0 Å². The second-order valence-electron chi connectivity index (χ2n) is 7.23. The van der Waals surface area contributed by atoms with Gasteiger partial charge in [-0.3, -0.25) is 9.88 Å². The summed E-state index contributed by atoms with van der Waals surface area (Å²) >= 11 is 0. The van der Waals surface area contributed by atoms with E-state index in [0.717, 1.165) is 36.6 Å². The maximum absolute atomic E-state index is 13.5. The van der Waals surface area contributed by atoms with E-state index in [1.165, 1.54) is 36.1 Å². The second-order valence-corrected chi connectivity index (χ2v) is 7.23. The molecule has 1 fully saturated rings. The molecule has 0 radical (unpaired) electrons. The summed E-state index contributed by atoms with van der Waals surface area (Å²) in [5, 5.41) is 3.19. The van der Waals surface area contributed by atoms with Gasteiger partial charge in [0, 0.05) is 43.2 Å². The zero-order valence-electron chi connectivity index (χ0n) is 16.1. The first-order valence-electron chi connectivity index (χ1n) is 9.82. The zero-order chi connectivity index (χ0) is 19.3. The van der Waals surface area contributed by atoms with Gasteiger partial charge in [-0.25, -0.2) is 9.37 Å². The van der Waals surface area contributed by atoms with Crippen LogP contribution in [0.4, 0.5) is 10.2 Å². The van der Waals surface area contributed by atoms with Gasteiger partial charge in [-0.1, -0.05) is 30.7 Å². The van der Waals surface area contributed by atoms with Crippen molar-refractivity contribution in [1.29, 1.82) is 0 Å². The summed E-state index contributed by atoms with van der Waals surface area (Å²) in [4.78, 5) is 11.6. The van der Waals surface area contributed by atoms with Gasteiger partial charge < -0.3 is 5.32 Å². The summed E-state index contributed by atoms with van der Waals surface area (Å²) in [7, 11) is 1.91. The third-order valence-electron chi connectivity index (χ3n) is 5.41. The normalized spacial score (nSPS) is 17.4. The standard InChI is InChI=1S/C23H25FN4/c1-25-23-19(7-5-12-26-23)16-28-13-3-2-9-22(28)18-10-11-21(27-15-18)17-6-4-8-20(24)14-17/h4-8,10-12,14-15,22H,2-3,9,13,16H2,1H3,(H,25,26)/t22-/m0/s1. The third-order valence-corrected chi connectivity index (χ3v) is 5.41. The van der Waals surface area contributed by atoms with E-state index in [0.29, 0.717) is 6.04 Å². The highest BCUT2D eigenvalue weighted by atomic mass is 19.1. The molecule has 1 aromatic carbocycles. The van der Waals surface area contributed by atoms with E-state index in [9.17, 15) is 4.39 Å². The predicted molar refractivity (Wildman–Crippen MR) is 110 cm³/mol. The molecule has 1 saturated heterocycles. The number of aromatic nitrogens is 2. The molecule has 1 atom stereocenters. The van der Waals surface area contributed by atoms with Gasteiger partial charge in [0.15, 0.2) is 0 Å². The van der Waals surface area contributed by atoms with E-state index in [-0.39, 0.29) is 5.82 Å². The Morgan fingerprint density at radius 1 is 1.11 bits per heavy atom. The van der Waals surface area contributed by atoms with Crippen LogP contribution in [0, 0.1) is 5.82 Å². The zero-order valence-corrected chi connectivity index (χ0v) is 16.1. The van der Waals surface area contributed by atoms with Gasteiger partial charge in [0.1, 0.15) is 11.6 Å². The van der Waals surface area contributed by atoms with Gasteiger partial charge in [0.05, 0.1) is 5.69 Å². The van der Waals surface area contributed by atoms with Gasteiger partial charge >= 0.3 is 0 Å². The molecule has 0 unspecified atom stereocenters. The highest BCUT2D eigenvalue weighted by Gasteiger charge is 2.25. The number of rotatable bonds is 5. The van der Waals surface area contributed by atoms with Crippen molar-refractivity contribution in [3.05, 3.63) is 77.9 Å². The first kappa shape index (κ1) is 18.6. The molecule has 0 saturated carbocycles. The quantitative estimate of drug-likeness (QED) is 0.676. The van der Waals surface area contributed by atoms with E-state index in [2.05, 4.69) is 32.3 Å². The van der Waals surface area contributed by atoms with Gasteiger partial charge in [-0.2, -0.15) is 0 Å². The molecule has 0 amide bonds. The number of anilines is 1. The van der Waals surface area contributed by atoms with Gasteiger partial charge in [-0.15, -0.1) is 0 Å². The molecule has 5 heteroatoms. The van der Waals surface area contributed by atoms with Crippen LogP contribution in [0.15, 0.2) is 60.9 Å².